The number of carbonyl (C=O) groups is 1. The molecule has 0 heterocycles. The highest BCUT2D eigenvalue weighted by Crippen LogP contribution is 2.17. The van der Waals surface area contributed by atoms with E-state index in [2.05, 4.69) is 6.58 Å². The summed E-state index contributed by atoms with van der Waals surface area (Å²) in [7, 11) is 0. The van der Waals surface area contributed by atoms with Crippen molar-refractivity contribution < 1.29 is 9.53 Å². The van der Waals surface area contributed by atoms with Crippen LogP contribution in [0.4, 0.5) is 0 Å². The van der Waals surface area contributed by atoms with Gasteiger partial charge in [0.1, 0.15) is 5.75 Å². The van der Waals surface area contributed by atoms with E-state index in [0.29, 0.717) is 16.9 Å². The number of carbonyl (C=O) groups excluding carboxylic acids is 1. The first-order chi connectivity index (χ1) is 7.04. The van der Waals surface area contributed by atoms with Crippen LogP contribution in [-0.2, 0) is 4.79 Å². The molecule has 1 aromatic rings. The maximum atomic E-state index is 11.2. The lowest BCUT2D eigenvalue weighted by atomic mass is 10.1. The van der Waals surface area contributed by atoms with Crippen LogP contribution in [0.25, 0.3) is 0 Å². The molecule has 0 fully saturated rings. The molecule has 15 heavy (non-hydrogen) atoms. The molecular weight excluding hydrogens is 190 g/mol. The largest absolute Gasteiger partial charge is 0.423 e. The van der Waals surface area contributed by atoms with Crippen molar-refractivity contribution in [1.82, 2.24) is 0 Å². The molecule has 0 radical (unpaired) electrons. The molecule has 0 N–H and O–H groups in total. The molecule has 1 rings (SSSR count). The van der Waals surface area contributed by atoms with Crippen molar-refractivity contribution in [3.8, 4) is 11.8 Å². The third kappa shape index (κ3) is 2.68. The van der Waals surface area contributed by atoms with E-state index in [-0.39, 0.29) is 0 Å². The number of benzene rings is 1. The topological polar surface area (TPSA) is 50.1 Å². The first-order valence-electron chi connectivity index (χ1n) is 4.43. The van der Waals surface area contributed by atoms with Gasteiger partial charge >= 0.3 is 5.97 Å². The zero-order valence-corrected chi connectivity index (χ0v) is 8.70. The molecule has 0 unspecified atom stereocenters. The average molecular weight is 201 g/mol. The number of nitriles is 1. The van der Waals surface area contributed by atoms with Crippen LogP contribution >= 0.6 is 0 Å². The van der Waals surface area contributed by atoms with Gasteiger partial charge in [-0.3, -0.25) is 0 Å². The van der Waals surface area contributed by atoms with Crippen molar-refractivity contribution in [1.29, 1.82) is 5.26 Å². The maximum Gasteiger partial charge on any atom is 0.338 e. The highest BCUT2D eigenvalue weighted by molar-refractivity contribution is 5.88. The van der Waals surface area contributed by atoms with Crippen molar-refractivity contribution in [2.24, 2.45) is 0 Å². The molecule has 3 heteroatoms. The van der Waals surface area contributed by atoms with Gasteiger partial charge in [0.25, 0.3) is 0 Å². The van der Waals surface area contributed by atoms with Crippen LogP contribution in [0.2, 0.25) is 0 Å². The lowest BCUT2D eigenvalue weighted by Gasteiger charge is -2.05. The van der Waals surface area contributed by atoms with E-state index in [1.807, 2.05) is 6.07 Å². The number of hydrogen-bond donors (Lipinski definition) is 0. The van der Waals surface area contributed by atoms with Crippen LogP contribution in [0.15, 0.2) is 30.4 Å². The summed E-state index contributed by atoms with van der Waals surface area (Å²) in [5.41, 5.74) is 1.70. The molecule has 0 bridgehead atoms. The van der Waals surface area contributed by atoms with Crippen LogP contribution in [0.3, 0.4) is 0 Å². The second kappa shape index (κ2) is 4.43. The Kier molecular flexibility index (Phi) is 3.25. The van der Waals surface area contributed by atoms with E-state index in [9.17, 15) is 4.79 Å². The van der Waals surface area contributed by atoms with Gasteiger partial charge in [-0.1, -0.05) is 6.58 Å². The molecule has 0 saturated carbocycles. The van der Waals surface area contributed by atoms with E-state index in [0.717, 1.165) is 5.56 Å². The minimum atomic E-state index is -0.459. The Morgan fingerprint density at radius 3 is 2.67 bits per heavy atom. The van der Waals surface area contributed by atoms with Gasteiger partial charge in [-0.15, -0.1) is 0 Å². The molecule has 0 amide bonds. The van der Waals surface area contributed by atoms with Crippen molar-refractivity contribution in [3.63, 3.8) is 0 Å². The Bertz CT molecular complexity index is 455. The molecule has 0 aliphatic carbocycles. The van der Waals surface area contributed by atoms with Crippen LogP contribution in [0, 0.1) is 18.3 Å². The standard InChI is InChI=1S/C12H11NO2/c1-8(2)12(14)15-11-5-4-10(7-13)9(3)6-11/h4-6H,1H2,2-3H3. The molecule has 0 atom stereocenters. The van der Waals surface area contributed by atoms with Gasteiger partial charge in [-0.05, 0) is 37.6 Å². The van der Waals surface area contributed by atoms with E-state index in [4.69, 9.17) is 10.00 Å². The summed E-state index contributed by atoms with van der Waals surface area (Å²) in [6.07, 6.45) is 0. The monoisotopic (exact) mass is 201 g/mol. The summed E-state index contributed by atoms with van der Waals surface area (Å²) >= 11 is 0. The molecule has 0 spiro atoms. The van der Waals surface area contributed by atoms with Crippen molar-refractivity contribution in [2.75, 3.05) is 0 Å². The van der Waals surface area contributed by atoms with E-state index in [1.54, 1.807) is 32.0 Å². The Balaban J connectivity index is 2.90. The van der Waals surface area contributed by atoms with Crippen LogP contribution < -0.4 is 4.74 Å². The first kappa shape index (κ1) is 11.0. The summed E-state index contributed by atoms with van der Waals surface area (Å²) in [6.45, 7) is 6.85. The highest BCUT2D eigenvalue weighted by atomic mass is 16.5. The number of esters is 1. The number of aryl methyl sites for hydroxylation is 1. The molecule has 0 aliphatic rings. The lowest BCUT2D eigenvalue weighted by Crippen LogP contribution is -2.08. The summed E-state index contributed by atoms with van der Waals surface area (Å²) in [6, 6.07) is 6.90. The van der Waals surface area contributed by atoms with Crippen molar-refractivity contribution in [3.05, 3.63) is 41.5 Å². The van der Waals surface area contributed by atoms with Gasteiger partial charge in [0.2, 0.25) is 0 Å². The summed E-state index contributed by atoms with van der Waals surface area (Å²) < 4.78 is 5.01. The molecular formula is C12H11NO2. The maximum absolute atomic E-state index is 11.2. The molecule has 76 valence electrons. The second-order valence-corrected chi connectivity index (χ2v) is 3.26. The SMILES string of the molecule is C=C(C)C(=O)Oc1ccc(C#N)c(C)c1. The fourth-order valence-electron chi connectivity index (χ4n) is 1.02. The zero-order valence-electron chi connectivity index (χ0n) is 8.70. The number of ether oxygens (including phenoxy) is 1. The highest BCUT2D eigenvalue weighted by Gasteiger charge is 2.06. The second-order valence-electron chi connectivity index (χ2n) is 3.26. The Morgan fingerprint density at radius 2 is 2.20 bits per heavy atom. The van der Waals surface area contributed by atoms with Crippen LogP contribution in [0.1, 0.15) is 18.1 Å². The summed E-state index contributed by atoms with van der Waals surface area (Å²) in [5.74, 6) is -0.0291. The predicted molar refractivity (Wildman–Crippen MR) is 56.3 cm³/mol. The molecule has 3 nitrogen and oxygen atoms in total. The first-order valence-corrected chi connectivity index (χ1v) is 4.43. The minimum absolute atomic E-state index is 0.344. The Labute approximate surface area is 88.6 Å². The van der Waals surface area contributed by atoms with Crippen molar-refractivity contribution in [2.45, 2.75) is 13.8 Å². The van der Waals surface area contributed by atoms with Gasteiger partial charge in [0, 0.05) is 5.57 Å². The van der Waals surface area contributed by atoms with E-state index in [1.165, 1.54) is 0 Å². The predicted octanol–water partition coefficient (Wildman–Crippen LogP) is 2.35. The number of nitrogens with zero attached hydrogens (tertiary/aromatic N) is 1. The quantitative estimate of drug-likeness (QED) is 0.419. The number of rotatable bonds is 2. The van der Waals surface area contributed by atoms with Gasteiger partial charge in [-0.25, -0.2) is 4.79 Å². The Hall–Kier alpha value is -2.08. The molecule has 1 aromatic carbocycles. The van der Waals surface area contributed by atoms with E-state index < -0.39 is 5.97 Å². The minimum Gasteiger partial charge on any atom is -0.423 e. The molecule has 0 aromatic heterocycles. The van der Waals surface area contributed by atoms with Gasteiger partial charge in [-0.2, -0.15) is 5.26 Å². The smallest absolute Gasteiger partial charge is 0.338 e. The third-order valence-electron chi connectivity index (χ3n) is 1.88. The Morgan fingerprint density at radius 1 is 1.53 bits per heavy atom. The summed E-state index contributed by atoms with van der Waals surface area (Å²) in [4.78, 5) is 11.2. The van der Waals surface area contributed by atoms with Gasteiger partial charge in [0.15, 0.2) is 0 Å². The van der Waals surface area contributed by atoms with Gasteiger partial charge < -0.3 is 4.74 Å². The van der Waals surface area contributed by atoms with Gasteiger partial charge in [0.05, 0.1) is 11.6 Å². The molecule has 0 aliphatic heterocycles. The van der Waals surface area contributed by atoms with E-state index >= 15 is 0 Å². The molecule has 0 saturated heterocycles. The normalized spacial score (nSPS) is 9.13. The van der Waals surface area contributed by atoms with Crippen LogP contribution in [0.5, 0.6) is 5.75 Å². The fraction of sp³-hybridized carbons (Fsp3) is 0.167. The van der Waals surface area contributed by atoms with Crippen molar-refractivity contribution >= 4 is 5.97 Å². The number of hydrogen-bond acceptors (Lipinski definition) is 3. The fourth-order valence-corrected chi connectivity index (χ4v) is 1.02. The average Bonchev–Trinajstić information content (AvgIpc) is 2.18. The van der Waals surface area contributed by atoms with Crippen LogP contribution in [-0.4, -0.2) is 5.97 Å². The third-order valence-corrected chi connectivity index (χ3v) is 1.88. The zero-order chi connectivity index (χ0) is 11.4. The summed E-state index contributed by atoms with van der Waals surface area (Å²) in [5, 5.41) is 8.71. The lowest BCUT2D eigenvalue weighted by molar-refractivity contribution is -0.130.